The molecule has 0 aliphatic carbocycles. The summed E-state index contributed by atoms with van der Waals surface area (Å²) in [5.41, 5.74) is 1.61. The van der Waals surface area contributed by atoms with Crippen molar-refractivity contribution in [1.29, 1.82) is 0 Å². The highest BCUT2D eigenvalue weighted by atomic mass is 32.1. The summed E-state index contributed by atoms with van der Waals surface area (Å²) in [5.74, 6) is 1.57. The fraction of sp³-hybridized carbons (Fsp3) is 0.320. The maximum Gasteiger partial charge on any atom is 0.260 e. The minimum Gasteiger partial charge on any atom is -0.493 e. The van der Waals surface area contributed by atoms with E-state index in [4.69, 9.17) is 9.47 Å². The predicted molar refractivity (Wildman–Crippen MR) is 137 cm³/mol. The number of carbonyl (C=O) groups is 1. The number of rotatable bonds is 9. The number of ether oxygens (including phenoxy) is 2. The number of nitrogens with zero attached hydrogens (tertiary/aromatic N) is 2. The number of amides is 1. The second kappa shape index (κ2) is 10.4. The minimum atomic E-state index is -0.214. The van der Waals surface area contributed by atoms with E-state index in [0.29, 0.717) is 47.2 Å². The van der Waals surface area contributed by atoms with E-state index >= 15 is 0 Å². The summed E-state index contributed by atoms with van der Waals surface area (Å²) in [5, 5.41) is 2.54. The van der Waals surface area contributed by atoms with Crippen LogP contribution in [0.1, 0.15) is 30.1 Å². The molecule has 178 valence electrons. The predicted octanol–water partition coefficient (Wildman–Crippen LogP) is 5.02. The lowest BCUT2D eigenvalue weighted by atomic mass is 10.1. The van der Waals surface area contributed by atoms with E-state index in [2.05, 4.69) is 9.97 Å². The number of carbonyl (C=O) groups excluding carboxylic acids is 1. The van der Waals surface area contributed by atoms with Gasteiger partial charge < -0.3 is 19.4 Å². The van der Waals surface area contributed by atoms with Crippen LogP contribution in [0.15, 0.2) is 40.5 Å². The number of methoxy groups -OCH3 is 1. The molecule has 1 amide bonds. The molecule has 4 aromatic rings. The van der Waals surface area contributed by atoms with Gasteiger partial charge in [-0.3, -0.25) is 9.59 Å². The quantitative estimate of drug-likeness (QED) is 0.351. The lowest BCUT2D eigenvalue weighted by Crippen LogP contribution is -2.32. The van der Waals surface area contributed by atoms with E-state index in [1.54, 1.807) is 23.3 Å². The van der Waals surface area contributed by atoms with Crippen LogP contribution in [0.5, 0.6) is 11.5 Å². The zero-order chi connectivity index (χ0) is 24.2. The molecule has 0 radical (unpaired) electrons. The van der Waals surface area contributed by atoms with Crippen LogP contribution in [0.4, 0.5) is 0 Å². The molecule has 0 aliphatic rings. The van der Waals surface area contributed by atoms with E-state index in [-0.39, 0.29) is 17.9 Å². The van der Waals surface area contributed by atoms with Gasteiger partial charge in [0.2, 0.25) is 5.91 Å². The third kappa shape index (κ3) is 5.00. The second-order valence-corrected chi connectivity index (χ2v) is 9.90. The maximum atomic E-state index is 13.1. The average molecular weight is 498 g/mol. The van der Waals surface area contributed by atoms with Crippen LogP contribution in [0.3, 0.4) is 0 Å². The molecule has 9 heteroatoms. The SMILES string of the molecule is CCOc1ccc(CN(CC)C(=O)Cc2nc3scc(-c4ccc(C)s4)c3c(=O)[nH]2)cc1OC. The van der Waals surface area contributed by atoms with Gasteiger partial charge in [0.05, 0.1) is 25.5 Å². The van der Waals surface area contributed by atoms with E-state index in [0.717, 1.165) is 16.0 Å². The van der Waals surface area contributed by atoms with Crippen LogP contribution in [-0.2, 0) is 17.8 Å². The number of fused-ring (bicyclic) bond motifs is 1. The van der Waals surface area contributed by atoms with Crippen LogP contribution >= 0.6 is 22.7 Å². The van der Waals surface area contributed by atoms with Crippen LogP contribution in [0.2, 0.25) is 0 Å². The zero-order valence-electron chi connectivity index (χ0n) is 19.6. The van der Waals surface area contributed by atoms with Gasteiger partial charge >= 0.3 is 0 Å². The first-order valence-electron chi connectivity index (χ1n) is 11.1. The molecule has 3 heterocycles. The van der Waals surface area contributed by atoms with Crippen LogP contribution in [0.25, 0.3) is 20.7 Å². The number of aryl methyl sites for hydroxylation is 1. The minimum absolute atomic E-state index is 0.0263. The fourth-order valence-corrected chi connectivity index (χ4v) is 5.70. The Labute approximate surface area is 206 Å². The normalized spacial score (nSPS) is 11.1. The Bertz CT molecular complexity index is 1370. The first-order valence-corrected chi connectivity index (χ1v) is 12.8. The standard InChI is InChI=1S/C25H27N3O4S2/c1-5-28(13-16-8-9-18(32-6-2)19(11-16)31-4)22(29)12-21-26-24(30)23-17(14-33-25(23)27-21)20-10-7-15(3)34-20/h7-11,14H,5-6,12-13H2,1-4H3,(H,26,27,30). The van der Waals surface area contributed by atoms with Gasteiger partial charge in [-0.25, -0.2) is 4.98 Å². The van der Waals surface area contributed by atoms with Crippen LogP contribution < -0.4 is 15.0 Å². The van der Waals surface area contributed by atoms with E-state index in [1.165, 1.54) is 16.2 Å². The molecule has 0 bridgehead atoms. The third-order valence-corrected chi connectivity index (χ3v) is 7.36. The van der Waals surface area contributed by atoms with Crippen molar-refractivity contribution in [2.45, 2.75) is 33.7 Å². The van der Waals surface area contributed by atoms with Gasteiger partial charge in [-0.15, -0.1) is 22.7 Å². The monoisotopic (exact) mass is 497 g/mol. The number of H-pyrrole nitrogens is 1. The van der Waals surface area contributed by atoms with Crippen LogP contribution in [0, 0.1) is 6.92 Å². The first kappa shape index (κ1) is 24.0. The number of hydrogen-bond donors (Lipinski definition) is 1. The molecule has 0 unspecified atom stereocenters. The number of aromatic amines is 1. The average Bonchev–Trinajstić information content (AvgIpc) is 3.44. The summed E-state index contributed by atoms with van der Waals surface area (Å²) in [6, 6.07) is 9.72. The summed E-state index contributed by atoms with van der Waals surface area (Å²) in [7, 11) is 1.60. The summed E-state index contributed by atoms with van der Waals surface area (Å²) in [6.07, 6.45) is 0.0263. The van der Waals surface area contributed by atoms with E-state index in [9.17, 15) is 9.59 Å². The molecular formula is C25H27N3O4S2. The Kier molecular flexibility index (Phi) is 7.33. The zero-order valence-corrected chi connectivity index (χ0v) is 21.3. The lowest BCUT2D eigenvalue weighted by molar-refractivity contribution is -0.131. The van der Waals surface area contributed by atoms with Gasteiger partial charge in [0.25, 0.3) is 5.56 Å². The van der Waals surface area contributed by atoms with E-state index in [1.807, 2.05) is 56.5 Å². The molecule has 34 heavy (non-hydrogen) atoms. The Balaban J connectivity index is 1.53. The Morgan fingerprint density at radius 3 is 2.68 bits per heavy atom. The van der Waals surface area contributed by atoms with E-state index < -0.39 is 0 Å². The fourth-order valence-electron chi connectivity index (χ4n) is 3.77. The largest absolute Gasteiger partial charge is 0.493 e. The Morgan fingerprint density at radius 2 is 2.00 bits per heavy atom. The van der Waals surface area contributed by atoms with Crippen molar-refractivity contribution in [3.05, 3.63) is 62.3 Å². The molecule has 7 nitrogen and oxygen atoms in total. The number of benzene rings is 1. The number of thiophene rings is 2. The summed E-state index contributed by atoms with van der Waals surface area (Å²) in [4.78, 5) is 38.0. The van der Waals surface area contributed by atoms with Gasteiger partial charge in [0.1, 0.15) is 10.7 Å². The molecule has 1 aromatic carbocycles. The first-order chi connectivity index (χ1) is 16.4. The highest BCUT2D eigenvalue weighted by Gasteiger charge is 2.18. The molecule has 0 fully saturated rings. The lowest BCUT2D eigenvalue weighted by Gasteiger charge is -2.21. The highest BCUT2D eigenvalue weighted by Crippen LogP contribution is 2.35. The number of nitrogens with one attached hydrogen (secondary N) is 1. The van der Waals surface area contributed by atoms with Crippen molar-refractivity contribution in [3.63, 3.8) is 0 Å². The second-order valence-electron chi connectivity index (χ2n) is 7.76. The molecule has 0 saturated carbocycles. The summed E-state index contributed by atoms with van der Waals surface area (Å²) < 4.78 is 11.0. The Morgan fingerprint density at radius 1 is 1.18 bits per heavy atom. The number of aromatic nitrogens is 2. The van der Waals surface area contributed by atoms with Crippen molar-refractivity contribution in [3.8, 4) is 21.9 Å². The molecular weight excluding hydrogens is 470 g/mol. The maximum absolute atomic E-state index is 13.1. The topological polar surface area (TPSA) is 84.5 Å². The molecule has 0 aliphatic heterocycles. The van der Waals surface area contributed by atoms with Crippen molar-refractivity contribution >= 4 is 38.8 Å². The molecule has 1 N–H and O–H groups in total. The van der Waals surface area contributed by atoms with Crippen molar-refractivity contribution in [1.82, 2.24) is 14.9 Å². The molecule has 4 rings (SSSR count). The Hall–Kier alpha value is -3.17. The smallest absolute Gasteiger partial charge is 0.260 e. The summed E-state index contributed by atoms with van der Waals surface area (Å²) in [6.45, 7) is 7.38. The molecule has 0 atom stereocenters. The van der Waals surface area contributed by atoms with Crippen molar-refractivity contribution in [2.24, 2.45) is 0 Å². The molecule has 3 aromatic heterocycles. The highest BCUT2D eigenvalue weighted by molar-refractivity contribution is 7.19. The molecule has 0 spiro atoms. The van der Waals surface area contributed by atoms with Gasteiger partial charge in [-0.05, 0) is 50.6 Å². The van der Waals surface area contributed by atoms with Crippen molar-refractivity contribution < 1.29 is 14.3 Å². The van der Waals surface area contributed by atoms with Gasteiger partial charge in [0.15, 0.2) is 11.5 Å². The number of likely N-dealkylation sites (N-methyl/N-ethyl adjacent to an activating group) is 1. The number of hydrogen-bond acceptors (Lipinski definition) is 7. The summed E-state index contributed by atoms with van der Waals surface area (Å²) >= 11 is 3.07. The van der Waals surface area contributed by atoms with Crippen molar-refractivity contribution in [2.75, 3.05) is 20.3 Å². The van der Waals surface area contributed by atoms with Gasteiger partial charge in [-0.1, -0.05) is 6.07 Å². The van der Waals surface area contributed by atoms with Crippen LogP contribution in [-0.4, -0.2) is 41.0 Å². The molecule has 0 saturated heterocycles. The third-order valence-electron chi connectivity index (χ3n) is 5.45. The van der Waals surface area contributed by atoms with Gasteiger partial charge in [0, 0.05) is 33.8 Å². The van der Waals surface area contributed by atoms with Gasteiger partial charge in [-0.2, -0.15) is 0 Å².